The van der Waals surface area contributed by atoms with Gasteiger partial charge in [-0.2, -0.15) is 0 Å². The molecule has 412 valence electrons. The third-order valence-corrected chi connectivity index (χ3v) is 13.1. The van der Waals surface area contributed by atoms with E-state index in [1.165, 1.54) is 12.2 Å². The van der Waals surface area contributed by atoms with Crippen LogP contribution in [0.2, 0.25) is 0 Å². The zero-order valence-electron chi connectivity index (χ0n) is 47.1. The molecule has 4 atom stereocenters. The zero-order chi connectivity index (χ0) is 53.4. The monoisotopic (exact) mass is 1010 g/mol. The highest BCUT2D eigenvalue weighted by molar-refractivity contribution is 6.00. The summed E-state index contributed by atoms with van der Waals surface area (Å²) in [4.78, 5) is 30.5. The van der Waals surface area contributed by atoms with Gasteiger partial charge in [-0.25, -0.2) is 0 Å². The Labute approximate surface area is 430 Å². The van der Waals surface area contributed by atoms with Gasteiger partial charge >= 0.3 is 0 Å². The summed E-state index contributed by atoms with van der Waals surface area (Å²) in [6.45, 7) is 37.2. The van der Waals surface area contributed by atoms with Crippen molar-refractivity contribution in [1.29, 1.82) is 0 Å². The average Bonchev–Trinajstić information content (AvgIpc) is 3.38. The van der Waals surface area contributed by atoms with Crippen LogP contribution in [-0.4, -0.2) is 136 Å². The number of carbonyl (C=O) groups is 2. The van der Waals surface area contributed by atoms with Crippen LogP contribution in [0.1, 0.15) is 174 Å². The van der Waals surface area contributed by atoms with Crippen molar-refractivity contribution in [1.82, 2.24) is 0 Å². The molecule has 2 aliphatic rings. The molecule has 0 aromatic rings. The van der Waals surface area contributed by atoms with Gasteiger partial charge in [-0.05, 0) is 114 Å². The van der Waals surface area contributed by atoms with E-state index in [-0.39, 0.29) is 79.3 Å². The van der Waals surface area contributed by atoms with Gasteiger partial charge in [0.2, 0.25) is 11.2 Å². The Balaban J connectivity index is 3.99. The van der Waals surface area contributed by atoms with Crippen LogP contribution in [0.3, 0.4) is 0 Å². The molecule has 0 spiro atoms. The molecule has 0 amide bonds. The van der Waals surface area contributed by atoms with Crippen molar-refractivity contribution >= 4 is 11.6 Å². The largest absolute Gasteiger partial charge is 0.364 e. The molecular formula is C57H100O14. The van der Waals surface area contributed by atoms with E-state index in [0.29, 0.717) is 77.0 Å². The maximum atomic E-state index is 15.3. The molecule has 0 bridgehead atoms. The standard InChI is InChI=1S/C57H100O14/c1-17-35-60-50(47(58)29-13)31-33-52(62-37-19-3,56(68-43-25-9,69-44-26-10)54(50,64-39-21-5)65-40-22-6)49(15,16)53(63-38-20-4)34-32-51(48(59)30-14,61-36-18-2)55(66-41-23-7,67-42-24-8)57(53,70-45-27-11)71-46-28-12/h29-34H,13-14,17-28,35-46H2,1-12,15-16H3. The summed E-state index contributed by atoms with van der Waals surface area (Å²) in [5.74, 6) is -10.0. The third kappa shape index (κ3) is 11.5. The predicted octanol–water partition coefficient (Wildman–Crippen LogP) is 11.5. The smallest absolute Gasteiger partial charge is 0.268 e. The Morgan fingerprint density at radius 1 is 0.338 bits per heavy atom. The fourth-order valence-corrected chi connectivity index (χ4v) is 10.1. The minimum absolute atomic E-state index is 0.0938. The van der Waals surface area contributed by atoms with Crippen molar-refractivity contribution in [2.75, 3.05) is 79.3 Å². The maximum absolute atomic E-state index is 15.3. The van der Waals surface area contributed by atoms with Gasteiger partial charge in [-0.1, -0.05) is 110 Å². The molecule has 2 aliphatic carbocycles. The van der Waals surface area contributed by atoms with Crippen molar-refractivity contribution in [3.63, 3.8) is 0 Å². The number of rotatable bonds is 42. The summed E-state index contributed by atoms with van der Waals surface area (Å²) in [6, 6.07) is 0. The lowest BCUT2D eigenvalue weighted by Gasteiger charge is -2.71. The van der Waals surface area contributed by atoms with Gasteiger partial charge in [0.05, 0.1) is 52.9 Å². The van der Waals surface area contributed by atoms with Crippen molar-refractivity contribution in [2.45, 2.75) is 220 Å². The number of hydrogen-bond donors (Lipinski definition) is 0. The highest BCUT2D eigenvalue weighted by Crippen LogP contribution is 2.68. The third-order valence-electron chi connectivity index (χ3n) is 13.1. The molecule has 14 nitrogen and oxygen atoms in total. The second-order valence-corrected chi connectivity index (χ2v) is 19.0. The van der Waals surface area contributed by atoms with Gasteiger partial charge in [-0.3, -0.25) is 9.59 Å². The summed E-state index contributed by atoms with van der Waals surface area (Å²) in [5.41, 5.74) is -9.60. The fraction of sp³-hybridized carbons (Fsp3) is 0.825. The quantitative estimate of drug-likeness (QED) is 0.0325. The Kier molecular flexibility index (Phi) is 27.8. The SMILES string of the molecule is C=CC(=O)C1(OCCC)C=CC(OCCC)(C(C)(C)C2(OCCC)C=CC(OCCC)(C(=O)C=C)C(OCCC)(OCCC)C2(OCCC)OCCC)C(OCCC)(OCCC)C1(OCCC)OCCC. The second kappa shape index (κ2) is 30.4. The topological polar surface area (TPSA) is 145 Å². The van der Waals surface area contributed by atoms with Gasteiger partial charge < -0.3 is 56.8 Å². The van der Waals surface area contributed by atoms with Gasteiger partial charge in [0, 0.05) is 31.8 Å². The molecule has 0 heterocycles. The van der Waals surface area contributed by atoms with Crippen LogP contribution in [0.4, 0.5) is 0 Å². The van der Waals surface area contributed by atoms with Crippen LogP contribution in [0, 0.1) is 5.41 Å². The van der Waals surface area contributed by atoms with Crippen molar-refractivity contribution < 1.29 is 66.4 Å². The van der Waals surface area contributed by atoms with Gasteiger partial charge in [0.15, 0.2) is 22.8 Å². The molecule has 0 aromatic heterocycles. The fourth-order valence-electron chi connectivity index (χ4n) is 10.1. The van der Waals surface area contributed by atoms with E-state index in [2.05, 4.69) is 13.2 Å². The second-order valence-electron chi connectivity index (χ2n) is 19.0. The van der Waals surface area contributed by atoms with E-state index >= 15 is 9.59 Å². The lowest BCUT2D eigenvalue weighted by Crippen LogP contribution is -2.91. The summed E-state index contributed by atoms with van der Waals surface area (Å²) in [6.07, 6.45) is 15.8. The Hall–Kier alpha value is -2.18. The minimum Gasteiger partial charge on any atom is -0.364 e. The van der Waals surface area contributed by atoms with E-state index in [4.69, 9.17) is 56.8 Å². The molecule has 71 heavy (non-hydrogen) atoms. The average molecular weight is 1010 g/mol. The molecule has 2 rings (SSSR count). The highest BCUT2D eigenvalue weighted by Gasteiger charge is 2.89. The molecule has 0 saturated carbocycles. The number of carbonyl (C=O) groups excluding carboxylic acids is 2. The van der Waals surface area contributed by atoms with Crippen LogP contribution in [0.5, 0.6) is 0 Å². The molecule has 14 heteroatoms. The van der Waals surface area contributed by atoms with Gasteiger partial charge in [-0.15, -0.1) is 0 Å². The van der Waals surface area contributed by atoms with Crippen LogP contribution in [0.25, 0.3) is 0 Å². The van der Waals surface area contributed by atoms with E-state index in [9.17, 15) is 0 Å². The number of ether oxygens (including phenoxy) is 12. The van der Waals surface area contributed by atoms with Gasteiger partial charge in [0.25, 0.3) is 23.1 Å². The Morgan fingerprint density at radius 2 is 0.535 bits per heavy atom. The summed E-state index contributed by atoms with van der Waals surface area (Å²) >= 11 is 0. The first-order valence-corrected chi connectivity index (χ1v) is 27.5. The molecule has 0 saturated heterocycles. The Morgan fingerprint density at radius 3 is 0.746 bits per heavy atom. The first-order chi connectivity index (χ1) is 34.1. The molecule has 4 unspecified atom stereocenters. The molecule has 0 radical (unpaired) electrons. The predicted molar refractivity (Wildman–Crippen MR) is 279 cm³/mol. The molecule has 0 fully saturated rings. The number of hydrogen-bond acceptors (Lipinski definition) is 14. The van der Waals surface area contributed by atoms with Crippen LogP contribution < -0.4 is 0 Å². The van der Waals surface area contributed by atoms with Crippen molar-refractivity contribution in [3.05, 3.63) is 49.6 Å². The molecular weight excluding hydrogens is 909 g/mol. The lowest BCUT2D eigenvalue weighted by molar-refractivity contribution is -0.516. The van der Waals surface area contributed by atoms with E-state index in [1.807, 2.05) is 109 Å². The minimum atomic E-state index is -2.25. The van der Waals surface area contributed by atoms with E-state index in [0.717, 1.165) is 0 Å². The van der Waals surface area contributed by atoms with Crippen molar-refractivity contribution in [2.24, 2.45) is 5.41 Å². The number of ketones is 2. The maximum Gasteiger partial charge on any atom is 0.268 e. The van der Waals surface area contributed by atoms with E-state index in [1.54, 1.807) is 12.2 Å². The highest BCUT2D eigenvalue weighted by atomic mass is 16.8. The van der Waals surface area contributed by atoms with E-state index < -0.39 is 62.5 Å². The van der Waals surface area contributed by atoms with Gasteiger partial charge in [0.1, 0.15) is 0 Å². The zero-order valence-corrected chi connectivity index (χ0v) is 47.1. The molecule has 0 aromatic carbocycles. The lowest BCUT2D eigenvalue weighted by atomic mass is 9.50. The Bertz CT molecular complexity index is 1500. The molecule has 0 N–H and O–H groups in total. The summed E-state index contributed by atoms with van der Waals surface area (Å²) in [5, 5.41) is 0. The normalized spacial score (nSPS) is 25.3. The first-order valence-electron chi connectivity index (χ1n) is 27.5. The first kappa shape index (κ1) is 64.9. The van der Waals surface area contributed by atoms with Crippen LogP contribution in [-0.2, 0) is 66.4 Å². The summed E-state index contributed by atoms with van der Waals surface area (Å²) < 4.78 is 88.6. The van der Waals surface area contributed by atoms with Crippen molar-refractivity contribution in [3.8, 4) is 0 Å². The molecule has 0 aliphatic heterocycles. The van der Waals surface area contributed by atoms with Crippen LogP contribution >= 0.6 is 0 Å². The van der Waals surface area contributed by atoms with Crippen LogP contribution in [0.15, 0.2) is 49.6 Å². The summed E-state index contributed by atoms with van der Waals surface area (Å²) in [7, 11) is 0.